The summed E-state index contributed by atoms with van der Waals surface area (Å²) in [5, 5.41) is 0. The first-order valence-electron chi connectivity index (χ1n) is 3.65. The van der Waals surface area contributed by atoms with Crippen molar-refractivity contribution in [2.45, 2.75) is 29.5 Å². The predicted molar refractivity (Wildman–Crippen MR) is 33.6 cm³/mol. The molecule has 1 atom stereocenters. The molecule has 1 rings (SSSR count). The summed E-state index contributed by atoms with van der Waals surface area (Å²) in [4.78, 5) is 0. The van der Waals surface area contributed by atoms with Gasteiger partial charge in [0, 0.05) is 0 Å². The second-order valence-electron chi connectivity index (χ2n) is 3.18. The summed E-state index contributed by atoms with van der Waals surface area (Å²) in [6.07, 6.45) is 0. The van der Waals surface area contributed by atoms with Gasteiger partial charge in [0.05, 0.1) is 11.4 Å². The Bertz CT molecular complexity index is 368. The van der Waals surface area contributed by atoms with Gasteiger partial charge in [-0.3, -0.25) is 0 Å². The van der Waals surface area contributed by atoms with Crippen LogP contribution in [0.2, 0.25) is 0 Å². The summed E-state index contributed by atoms with van der Waals surface area (Å²) in [6, 6.07) is 0. The van der Waals surface area contributed by atoms with E-state index in [1.165, 1.54) is 0 Å². The molecule has 3 nitrogen and oxygen atoms in total. The van der Waals surface area contributed by atoms with Crippen LogP contribution in [0, 0.1) is 0 Å². The van der Waals surface area contributed by atoms with Crippen LogP contribution in [-0.4, -0.2) is 38.3 Å². The van der Waals surface area contributed by atoms with Gasteiger partial charge in [0.25, 0.3) is 0 Å². The Morgan fingerprint density at radius 3 is 1.22 bits per heavy atom. The molecule has 0 N–H and O–H groups in total. The van der Waals surface area contributed by atoms with Crippen LogP contribution in [0.15, 0.2) is 0 Å². The van der Waals surface area contributed by atoms with Crippen molar-refractivity contribution in [2.24, 2.45) is 0 Å². The second kappa shape index (κ2) is 3.50. The van der Waals surface area contributed by atoms with Gasteiger partial charge in [-0.05, 0) is 0 Å². The SMILES string of the molecule is O=S([O-])OC1(F)C(F)(F)C(F)(F)C(F)(F)C1(F)F. The summed E-state index contributed by atoms with van der Waals surface area (Å²) in [5.41, 5.74) is 0. The van der Waals surface area contributed by atoms with Crippen molar-refractivity contribution in [2.75, 3.05) is 0 Å². The third-order valence-corrected chi connectivity index (χ3v) is 2.54. The van der Waals surface area contributed by atoms with Crippen LogP contribution in [0.3, 0.4) is 0 Å². The number of hydrogen-bond acceptors (Lipinski definition) is 3. The van der Waals surface area contributed by atoms with E-state index in [0.29, 0.717) is 0 Å². The molecule has 1 saturated carbocycles. The minimum Gasteiger partial charge on any atom is -0.750 e. The molecule has 0 bridgehead atoms. The molecule has 0 aliphatic heterocycles. The van der Waals surface area contributed by atoms with Crippen molar-refractivity contribution in [3.63, 3.8) is 0 Å². The monoisotopic (exact) mass is 311 g/mol. The van der Waals surface area contributed by atoms with E-state index < -0.39 is 40.9 Å². The molecular weight excluding hydrogens is 311 g/mol. The van der Waals surface area contributed by atoms with E-state index in [1.54, 1.807) is 0 Å². The van der Waals surface area contributed by atoms with Crippen LogP contribution < -0.4 is 0 Å². The lowest BCUT2D eigenvalue weighted by atomic mass is 10.1. The Labute approximate surface area is 94.4 Å². The molecule has 0 aromatic carbocycles. The number of rotatable bonds is 2. The first kappa shape index (κ1) is 15.5. The normalized spacial score (nSPS) is 32.1. The summed E-state index contributed by atoms with van der Waals surface area (Å²) in [5.74, 6) is -33.6. The predicted octanol–water partition coefficient (Wildman–Crippen LogP) is 2.02. The van der Waals surface area contributed by atoms with Crippen molar-refractivity contribution in [1.82, 2.24) is 0 Å². The highest BCUT2D eigenvalue weighted by Gasteiger charge is 3.02. The highest BCUT2D eigenvalue weighted by atomic mass is 32.2. The fourth-order valence-electron chi connectivity index (χ4n) is 1.19. The minimum absolute atomic E-state index is 2.29. The van der Waals surface area contributed by atoms with Crippen molar-refractivity contribution in [3.05, 3.63) is 0 Å². The van der Waals surface area contributed by atoms with Gasteiger partial charge in [-0.1, -0.05) is 0 Å². The molecule has 108 valence electrons. The van der Waals surface area contributed by atoms with Crippen molar-refractivity contribution in [1.29, 1.82) is 0 Å². The minimum atomic E-state index is -6.85. The van der Waals surface area contributed by atoms with Crippen molar-refractivity contribution < 1.29 is 52.5 Å². The molecule has 0 amide bonds. The van der Waals surface area contributed by atoms with Crippen LogP contribution in [0.25, 0.3) is 0 Å². The average molecular weight is 311 g/mol. The van der Waals surface area contributed by atoms with Gasteiger partial charge < -0.3 is 4.55 Å². The Morgan fingerprint density at radius 2 is 1.00 bits per heavy atom. The molecule has 0 spiro atoms. The lowest BCUT2D eigenvalue weighted by molar-refractivity contribution is -0.323. The number of hydrogen-bond donors (Lipinski definition) is 0. The summed E-state index contributed by atoms with van der Waals surface area (Å²) in [7, 11) is 0. The number of halogens is 9. The van der Waals surface area contributed by atoms with Gasteiger partial charge in [-0.2, -0.15) is 39.5 Å². The lowest BCUT2D eigenvalue weighted by Crippen LogP contribution is -2.56. The third kappa shape index (κ3) is 1.32. The smallest absolute Gasteiger partial charge is 0.384 e. The van der Waals surface area contributed by atoms with Crippen LogP contribution in [0.1, 0.15) is 0 Å². The fourth-order valence-corrected chi connectivity index (χ4v) is 1.59. The van der Waals surface area contributed by atoms with Crippen LogP contribution >= 0.6 is 0 Å². The maximum absolute atomic E-state index is 13.0. The molecule has 0 saturated heterocycles. The van der Waals surface area contributed by atoms with Gasteiger partial charge in [0.2, 0.25) is 0 Å². The molecular formula is C5F9O3S-. The van der Waals surface area contributed by atoms with E-state index >= 15 is 0 Å². The molecule has 0 radical (unpaired) electrons. The lowest BCUT2D eigenvalue weighted by Gasteiger charge is -2.30. The van der Waals surface area contributed by atoms with Crippen LogP contribution in [0.5, 0.6) is 0 Å². The van der Waals surface area contributed by atoms with Crippen molar-refractivity contribution >= 4 is 11.4 Å². The Morgan fingerprint density at radius 1 is 0.722 bits per heavy atom. The second-order valence-corrected chi connectivity index (χ2v) is 3.76. The number of alkyl halides is 9. The Balaban J connectivity index is 3.57. The summed E-state index contributed by atoms with van der Waals surface area (Å²) >= 11 is -4.51. The largest absolute Gasteiger partial charge is 0.750 e. The standard InChI is InChI=1S/C5HF9O3S/c6-1(7)2(8,9)4(12,13)5(14,3(1,10)11)17-18(15)16/h(H,15,16)/p-1. The maximum Gasteiger partial charge on any atom is 0.384 e. The summed E-state index contributed by atoms with van der Waals surface area (Å²) < 4.78 is 135. The highest BCUT2D eigenvalue weighted by molar-refractivity contribution is 7.74. The van der Waals surface area contributed by atoms with E-state index in [9.17, 15) is 48.3 Å². The Hall–Kier alpha value is -0.560. The first-order valence-corrected chi connectivity index (χ1v) is 4.65. The summed E-state index contributed by atoms with van der Waals surface area (Å²) in [6.45, 7) is 0. The average Bonchev–Trinajstić information content (AvgIpc) is 2.17. The topological polar surface area (TPSA) is 49.4 Å². The highest BCUT2D eigenvalue weighted by Crippen LogP contribution is 2.69. The van der Waals surface area contributed by atoms with E-state index in [2.05, 4.69) is 4.18 Å². The van der Waals surface area contributed by atoms with Gasteiger partial charge in [-0.15, -0.1) is 0 Å². The van der Waals surface area contributed by atoms with Gasteiger partial charge in [-0.25, -0.2) is 8.39 Å². The van der Waals surface area contributed by atoms with Gasteiger partial charge >= 0.3 is 29.5 Å². The van der Waals surface area contributed by atoms with Gasteiger partial charge in [0.1, 0.15) is 0 Å². The molecule has 1 fully saturated rings. The van der Waals surface area contributed by atoms with E-state index in [-0.39, 0.29) is 0 Å². The zero-order valence-corrected chi connectivity index (χ0v) is 8.35. The van der Waals surface area contributed by atoms with Crippen LogP contribution in [0.4, 0.5) is 39.5 Å². The molecule has 18 heavy (non-hydrogen) atoms. The van der Waals surface area contributed by atoms with E-state index in [4.69, 9.17) is 0 Å². The first-order chi connectivity index (χ1) is 7.67. The molecule has 0 aromatic heterocycles. The van der Waals surface area contributed by atoms with E-state index in [0.717, 1.165) is 0 Å². The molecule has 0 heterocycles. The van der Waals surface area contributed by atoms with Crippen LogP contribution in [-0.2, 0) is 15.5 Å². The zero-order chi connectivity index (χ0) is 14.8. The molecule has 13 heteroatoms. The molecule has 1 unspecified atom stereocenters. The third-order valence-electron chi connectivity index (χ3n) is 2.17. The zero-order valence-electron chi connectivity index (χ0n) is 7.53. The van der Waals surface area contributed by atoms with E-state index in [1.807, 2.05) is 0 Å². The van der Waals surface area contributed by atoms with Gasteiger partial charge in [0.15, 0.2) is 0 Å². The fraction of sp³-hybridized carbons (Fsp3) is 1.00. The van der Waals surface area contributed by atoms with Crippen molar-refractivity contribution in [3.8, 4) is 0 Å². The maximum atomic E-state index is 13.0. The molecule has 1 aliphatic rings. The Kier molecular flexibility index (Phi) is 3.02. The quantitative estimate of drug-likeness (QED) is 0.579. The molecule has 1 aliphatic carbocycles. The molecule has 0 aromatic rings.